The molecule has 4 aromatic rings. The van der Waals surface area contributed by atoms with Gasteiger partial charge in [0.05, 0.1) is 18.3 Å². The molecule has 0 atom stereocenters. The summed E-state index contributed by atoms with van der Waals surface area (Å²) in [6.07, 6.45) is 11.8. The van der Waals surface area contributed by atoms with Gasteiger partial charge in [0.15, 0.2) is 11.5 Å². The summed E-state index contributed by atoms with van der Waals surface area (Å²) >= 11 is 0. The molecule has 4 rings (SSSR count). The topological polar surface area (TPSA) is 88.0 Å². The molecule has 0 saturated carbocycles. The van der Waals surface area contributed by atoms with Crippen LogP contribution in [0.4, 0.5) is 0 Å². The molecule has 0 aromatic carbocycles. The first-order valence-corrected chi connectivity index (χ1v) is 8.02. The van der Waals surface area contributed by atoms with Crippen molar-refractivity contribution < 1.29 is 4.74 Å². The van der Waals surface area contributed by atoms with Crippen molar-refractivity contribution >= 4 is 5.65 Å². The maximum atomic E-state index is 5.11. The molecule has 0 aliphatic heterocycles. The zero-order chi connectivity index (χ0) is 17.1. The summed E-state index contributed by atoms with van der Waals surface area (Å²) in [5, 5.41) is 12.6. The van der Waals surface area contributed by atoms with E-state index in [0.29, 0.717) is 13.2 Å². The fourth-order valence-electron chi connectivity index (χ4n) is 2.79. The highest BCUT2D eigenvalue weighted by Crippen LogP contribution is 2.21. The van der Waals surface area contributed by atoms with Crippen molar-refractivity contribution in [2.75, 3.05) is 13.7 Å². The SMILES string of the molecule is COCCCn1cnnc1Cn1ccnc1-c1cnn2cccnc12. The monoisotopic (exact) mass is 338 g/mol. The Labute approximate surface area is 143 Å². The maximum Gasteiger partial charge on any atom is 0.165 e. The second-order valence-corrected chi connectivity index (χ2v) is 5.61. The minimum Gasteiger partial charge on any atom is -0.385 e. The highest BCUT2D eigenvalue weighted by Gasteiger charge is 2.15. The van der Waals surface area contributed by atoms with E-state index in [0.717, 1.165) is 35.8 Å². The lowest BCUT2D eigenvalue weighted by Gasteiger charge is -2.09. The zero-order valence-corrected chi connectivity index (χ0v) is 13.9. The molecule has 0 unspecified atom stereocenters. The lowest BCUT2D eigenvalue weighted by atomic mass is 10.3. The Morgan fingerprint density at radius 2 is 2.08 bits per heavy atom. The van der Waals surface area contributed by atoms with E-state index >= 15 is 0 Å². The molecule has 0 bridgehead atoms. The Hall–Kier alpha value is -3.07. The lowest BCUT2D eigenvalue weighted by molar-refractivity contribution is 0.190. The number of nitrogens with zero attached hydrogens (tertiary/aromatic N) is 8. The van der Waals surface area contributed by atoms with Crippen LogP contribution in [-0.4, -0.2) is 52.6 Å². The molecule has 0 saturated heterocycles. The number of ether oxygens (including phenoxy) is 1. The van der Waals surface area contributed by atoms with Gasteiger partial charge in [-0.2, -0.15) is 5.10 Å². The number of aryl methyl sites for hydroxylation is 1. The van der Waals surface area contributed by atoms with Gasteiger partial charge in [-0.25, -0.2) is 14.5 Å². The predicted octanol–water partition coefficient (Wildman–Crippen LogP) is 1.27. The van der Waals surface area contributed by atoms with Gasteiger partial charge in [0, 0.05) is 45.0 Å². The first-order valence-electron chi connectivity index (χ1n) is 8.02. The van der Waals surface area contributed by atoms with Gasteiger partial charge in [-0.1, -0.05) is 0 Å². The largest absolute Gasteiger partial charge is 0.385 e. The molecular weight excluding hydrogens is 320 g/mol. The van der Waals surface area contributed by atoms with Crippen LogP contribution in [0.15, 0.2) is 43.4 Å². The van der Waals surface area contributed by atoms with Gasteiger partial charge < -0.3 is 13.9 Å². The standard InChI is InChI=1S/C16H18N8O/c1-25-9-3-6-23-12-19-21-14(23)11-22-8-5-18-15(22)13-10-20-24-7-2-4-17-16(13)24/h2,4-5,7-8,10,12H,3,6,9,11H2,1H3. The molecule has 0 amide bonds. The van der Waals surface area contributed by atoms with Crippen LogP contribution in [-0.2, 0) is 17.8 Å². The van der Waals surface area contributed by atoms with E-state index in [1.807, 2.05) is 27.6 Å². The van der Waals surface area contributed by atoms with Crippen LogP contribution in [0.25, 0.3) is 17.0 Å². The van der Waals surface area contributed by atoms with Gasteiger partial charge in [0.1, 0.15) is 12.2 Å². The van der Waals surface area contributed by atoms with Crippen molar-refractivity contribution in [2.24, 2.45) is 0 Å². The van der Waals surface area contributed by atoms with Gasteiger partial charge in [0.2, 0.25) is 0 Å². The van der Waals surface area contributed by atoms with E-state index in [2.05, 4.69) is 25.3 Å². The van der Waals surface area contributed by atoms with Crippen molar-refractivity contribution in [1.82, 2.24) is 38.9 Å². The van der Waals surface area contributed by atoms with E-state index in [-0.39, 0.29) is 0 Å². The van der Waals surface area contributed by atoms with Crippen LogP contribution in [0, 0.1) is 0 Å². The number of hydrogen-bond acceptors (Lipinski definition) is 6. The molecule has 0 aliphatic carbocycles. The lowest BCUT2D eigenvalue weighted by Crippen LogP contribution is -2.10. The molecule has 4 aromatic heterocycles. The molecular formula is C16H18N8O. The average Bonchev–Trinajstić information content (AvgIpc) is 3.35. The smallest absolute Gasteiger partial charge is 0.165 e. The molecule has 0 fully saturated rings. The summed E-state index contributed by atoms with van der Waals surface area (Å²) < 4.78 is 10.9. The minimum atomic E-state index is 0.576. The summed E-state index contributed by atoms with van der Waals surface area (Å²) in [4.78, 5) is 8.89. The highest BCUT2D eigenvalue weighted by atomic mass is 16.5. The van der Waals surface area contributed by atoms with Crippen LogP contribution >= 0.6 is 0 Å². The molecule has 0 spiro atoms. The summed E-state index contributed by atoms with van der Waals surface area (Å²) in [6, 6.07) is 1.85. The van der Waals surface area contributed by atoms with E-state index < -0.39 is 0 Å². The van der Waals surface area contributed by atoms with Crippen molar-refractivity contribution in [1.29, 1.82) is 0 Å². The molecule has 0 N–H and O–H groups in total. The minimum absolute atomic E-state index is 0.576. The number of methoxy groups -OCH3 is 1. The average molecular weight is 338 g/mol. The van der Waals surface area contributed by atoms with Gasteiger partial charge in [-0.15, -0.1) is 10.2 Å². The Kier molecular flexibility index (Phi) is 4.21. The summed E-state index contributed by atoms with van der Waals surface area (Å²) in [5.41, 5.74) is 1.66. The second kappa shape index (κ2) is 6.81. The van der Waals surface area contributed by atoms with E-state index in [9.17, 15) is 0 Å². The number of fused-ring (bicyclic) bond motifs is 1. The number of imidazole rings is 1. The van der Waals surface area contributed by atoms with Crippen LogP contribution in [0.2, 0.25) is 0 Å². The van der Waals surface area contributed by atoms with Gasteiger partial charge in [0.25, 0.3) is 0 Å². The number of hydrogen-bond donors (Lipinski definition) is 0. The molecule has 25 heavy (non-hydrogen) atoms. The van der Waals surface area contributed by atoms with Gasteiger partial charge in [-0.05, 0) is 12.5 Å². The fraction of sp³-hybridized carbons (Fsp3) is 0.312. The normalized spacial score (nSPS) is 11.4. The maximum absolute atomic E-state index is 5.11. The number of rotatable bonds is 7. The van der Waals surface area contributed by atoms with Crippen LogP contribution in [0.5, 0.6) is 0 Å². The third-order valence-corrected chi connectivity index (χ3v) is 3.99. The van der Waals surface area contributed by atoms with Crippen molar-refractivity contribution in [3.8, 4) is 11.4 Å². The van der Waals surface area contributed by atoms with Crippen molar-refractivity contribution in [3.63, 3.8) is 0 Å². The quantitative estimate of drug-likeness (QED) is 0.472. The van der Waals surface area contributed by atoms with Crippen LogP contribution in [0.3, 0.4) is 0 Å². The van der Waals surface area contributed by atoms with Crippen LogP contribution < -0.4 is 0 Å². The Morgan fingerprint density at radius 3 is 3.00 bits per heavy atom. The third kappa shape index (κ3) is 3.01. The zero-order valence-electron chi connectivity index (χ0n) is 13.9. The third-order valence-electron chi connectivity index (χ3n) is 3.99. The molecule has 128 valence electrons. The second-order valence-electron chi connectivity index (χ2n) is 5.61. The Morgan fingerprint density at radius 1 is 1.12 bits per heavy atom. The molecule has 0 aliphatic rings. The first-order chi connectivity index (χ1) is 12.4. The molecule has 9 heteroatoms. The number of aromatic nitrogens is 8. The van der Waals surface area contributed by atoms with E-state index in [1.54, 1.807) is 36.5 Å². The predicted molar refractivity (Wildman–Crippen MR) is 89.8 cm³/mol. The van der Waals surface area contributed by atoms with Crippen LogP contribution in [0.1, 0.15) is 12.2 Å². The summed E-state index contributed by atoms with van der Waals surface area (Å²) in [5.74, 6) is 1.68. The van der Waals surface area contributed by atoms with E-state index in [1.165, 1.54) is 0 Å². The van der Waals surface area contributed by atoms with Crippen molar-refractivity contribution in [2.45, 2.75) is 19.5 Å². The Bertz CT molecular complexity index is 969. The fourth-order valence-corrected chi connectivity index (χ4v) is 2.79. The molecule has 4 heterocycles. The molecule has 9 nitrogen and oxygen atoms in total. The van der Waals surface area contributed by atoms with Crippen molar-refractivity contribution in [3.05, 3.63) is 49.2 Å². The van der Waals surface area contributed by atoms with Gasteiger partial charge >= 0.3 is 0 Å². The summed E-state index contributed by atoms with van der Waals surface area (Å²) in [6.45, 7) is 2.10. The van der Waals surface area contributed by atoms with Gasteiger partial charge in [-0.3, -0.25) is 0 Å². The summed E-state index contributed by atoms with van der Waals surface area (Å²) in [7, 11) is 1.70. The molecule has 0 radical (unpaired) electrons. The first kappa shape index (κ1) is 15.5. The Balaban J connectivity index is 1.62. The highest BCUT2D eigenvalue weighted by molar-refractivity contribution is 5.72. The van der Waals surface area contributed by atoms with E-state index in [4.69, 9.17) is 4.74 Å².